The monoisotopic (exact) mass is 937 g/mol. The van der Waals surface area contributed by atoms with Crippen molar-refractivity contribution in [3.63, 3.8) is 0 Å². The molecule has 0 saturated heterocycles. The number of aryl methyl sites for hydroxylation is 2. The molecule has 7 aromatic rings. The number of thiophene rings is 2. The average molecular weight is 938 g/mol. The molecule has 6 N–H and O–H groups in total. The quantitative estimate of drug-likeness (QED) is 0.0495. The molecular formula is C42H47N7O12S3. The summed E-state index contributed by atoms with van der Waals surface area (Å²) in [6.07, 6.45) is 2.88. The highest BCUT2D eigenvalue weighted by Gasteiger charge is 2.31. The first-order valence-corrected chi connectivity index (χ1v) is 23.0. The largest absolute Gasteiger partial charge is 0.504 e. The molecule has 5 aromatic heterocycles. The zero-order valence-corrected chi connectivity index (χ0v) is 38.7. The van der Waals surface area contributed by atoms with Crippen LogP contribution in [0, 0.1) is 13.8 Å². The van der Waals surface area contributed by atoms with Gasteiger partial charge in [0, 0.05) is 38.0 Å². The van der Waals surface area contributed by atoms with Gasteiger partial charge in [-0.05, 0) is 56.4 Å². The molecule has 0 aliphatic heterocycles. The van der Waals surface area contributed by atoms with E-state index in [-0.39, 0.29) is 67.0 Å². The zero-order valence-electron chi connectivity index (χ0n) is 36.2. The molecule has 0 aliphatic rings. The van der Waals surface area contributed by atoms with Gasteiger partial charge in [0.25, 0.3) is 37.6 Å². The lowest BCUT2D eigenvalue weighted by molar-refractivity contribution is 0.0993. The van der Waals surface area contributed by atoms with Crippen molar-refractivity contribution in [2.75, 3.05) is 47.3 Å². The number of furan rings is 2. The molecule has 0 saturated carbocycles. The van der Waals surface area contributed by atoms with Gasteiger partial charge in [-0.25, -0.2) is 12.7 Å². The lowest BCUT2D eigenvalue weighted by atomic mass is 10.0. The summed E-state index contributed by atoms with van der Waals surface area (Å²) in [5, 5.41) is 39.3. The smallest absolute Gasteiger partial charge is 0.273 e. The van der Waals surface area contributed by atoms with Crippen molar-refractivity contribution in [1.29, 1.82) is 0 Å². The van der Waals surface area contributed by atoms with Crippen LogP contribution < -0.4 is 47.9 Å². The molecule has 0 aliphatic carbocycles. The number of carbonyl (C=O) groups excluding carboxylic acids is 1. The van der Waals surface area contributed by atoms with Gasteiger partial charge >= 0.3 is 0 Å². The molecule has 340 valence electrons. The van der Waals surface area contributed by atoms with E-state index >= 15 is 0 Å². The number of aromatic hydroxyl groups is 2. The van der Waals surface area contributed by atoms with Gasteiger partial charge in [0.2, 0.25) is 0 Å². The fourth-order valence-corrected chi connectivity index (χ4v) is 9.54. The van der Waals surface area contributed by atoms with Crippen LogP contribution in [0.25, 0.3) is 0 Å². The second kappa shape index (κ2) is 18.7. The predicted molar refractivity (Wildman–Crippen MR) is 246 cm³/mol. The Hall–Kier alpha value is -6.49. The molecule has 0 radical (unpaired) electrons. The third-order valence-electron chi connectivity index (χ3n) is 10.2. The van der Waals surface area contributed by atoms with E-state index in [2.05, 4.69) is 26.4 Å². The second-order valence-corrected chi connectivity index (χ2v) is 19.3. The van der Waals surface area contributed by atoms with Gasteiger partial charge in [-0.2, -0.15) is 0 Å². The fourth-order valence-electron chi connectivity index (χ4n) is 6.29. The van der Waals surface area contributed by atoms with Crippen molar-refractivity contribution < 1.29 is 36.8 Å². The van der Waals surface area contributed by atoms with Crippen LogP contribution in [0.2, 0.25) is 0 Å². The summed E-state index contributed by atoms with van der Waals surface area (Å²) in [5.74, 6) is 1.82. The van der Waals surface area contributed by atoms with Crippen molar-refractivity contribution in [3.05, 3.63) is 116 Å². The van der Waals surface area contributed by atoms with Gasteiger partial charge in [0.05, 0.1) is 29.7 Å². The van der Waals surface area contributed by atoms with E-state index in [4.69, 9.17) is 13.4 Å². The van der Waals surface area contributed by atoms with Gasteiger partial charge in [0.1, 0.15) is 50.7 Å². The SMILES string of the molecule is CC[C@@H](Nc1c(Nc2csc(C(=O)N(C)c3cc(C)on3)c2O)c(=O)c1=O)c1ccc(C)o1.CC[C@@H](Nc1c(Nc2csc(S(=O)(=O)N(C)C)c2O)c(=O)c1=O)c1cc(C(C)C)co1. The first kappa shape index (κ1) is 47.0. The highest BCUT2D eigenvalue weighted by molar-refractivity contribution is 7.91. The minimum atomic E-state index is -3.85. The summed E-state index contributed by atoms with van der Waals surface area (Å²) < 4.78 is 41.6. The van der Waals surface area contributed by atoms with Crippen molar-refractivity contribution in [2.24, 2.45) is 0 Å². The Morgan fingerprint density at radius 2 is 1.33 bits per heavy atom. The van der Waals surface area contributed by atoms with Crippen LogP contribution in [-0.4, -0.2) is 55.1 Å². The summed E-state index contributed by atoms with van der Waals surface area (Å²) in [7, 11) is 0.362. The minimum absolute atomic E-state index is 0.0225. The number of rotatable bonds is 17. The molecule has 22 heteroatoms. The number of nitrogens with zero attached hydrogens (tertiary/aromatic N) is 3. The number of anilines is 7. The summed E-state index contributed by atoms with van der Waals surface area (Å²) in [6, 6.07) is 6.49. The van der Waals surface area contributed by atoms with E-state index in [0.717, 1.165) is 38.3 Å². The highest BCUT2D eigenvalue weighted by atomic mass is 32.2. The number of aromatic nitrogens is 1. The predicted octanol–water partition coefficient (Wildman–Crippen LogP) is 7.15. The average Bonchev–Trinajstić information content (AvgIpc) is 4.13. The topological polar surface area (TPSA) is 267 Å². The number of nitrogens with one attached hydrogen (secondary N) is 4. The maximum atomic E-state index is 12.8. The van der Waals surface area contributed by atoms with Gasteiger partial charge in [-0.3, -0.25) is 28.9 Å². The lowest BCUT2D eigenvalue weighted by Gasteiger charge is -2.20. The van der Waals surface area contributed by atoms with E-state index < -0.39 is 43.4 Å². The standard InChI is InChI=1S/C22H22N4O6S.C20H25N3O6S2/c1-5-12(14-7-6-10(2)31-14)23-16-17(20(29)19(16)28)24-13-9-33-21(18(13)27)22(30)26(4)15-8-11(3)32-25-15;1-6-12(14-7-11(8-29-14)10(2)3)21-15-16(19(26)18(15)25)22-13-9-30-20(17(13)24)31(27,28)23(4)5/h6-9,12,23-24,27H,5H2,1-4H3;7-10,12,21-22,24H,6H2,1-5H3/t2*12-/m11/s1. The Morgan fingerprint density at radius 1 is 0.781 bits per heavy atom. The molecule has 1 amide bonds. The van der Waals surface area contributed by atoms with E-state index in [9.17, 15) is 42.6 Å². The van der Waals surface area contributed by atoms with Crippen molar-refractivity contribution in [1.82, 2.24) is 9.46 Å². The van der Waals surface area contributed by atoms with Crippen molar-refractivity contribution in [3.8, 4) is 11.5 Å². The van der Waals surface area contributed by atoms with E-state index in [1.165, 1.54) is 36.8 Å². The van der Waals surface area contributed by atoms with Crippen LogP contribution in [0.3, 0.4) is 0 Å². The summed E-state index contributed by atoms with van der Waals surface area (Å²) in [4.78, 5) is 62.9. The molecule has 2 aromatic carbocycles. The fraction of sp³-hybridized carbons (Fsp3) is 0.333. The normalized spacial score (nSPS) is 12.7. The van der Waals surface area contributed by atoms with Crippen LogP contribution in [0.5, 0.6) is 11.5 Å². The zero-order chi connectivity index (χ0) is 46.9. The van der Waals surface area contributed by atoms with Crippen LogP contribution in [-0.2, 0) is 10.0 Å². The lowest BCUT2D eigenvalue weighted by Crippen LogP contribution is -2.37. The van der Waals surface area contributed by atoms with Crippen LogP contribution in [0.1, 0.15) is 96.8 Å². The summed E-state index contributed by atoms with van der Waals surface area (Å²) >= 11 is 1.81. The number of hydrogen-bond acceptors (Lipinski definition) is 19. The number of amides is 1. The number of sulfonamides is 1. The number of hydrogen-bond donors (Lipinski definition) is 6. The second-order valence-electron chi connectivity index (χ2n) is 15.2. The van der Waals surface area contributed by atoms with Crippen LogP contribution in [0.4, 0.5) is 39.9 Å². The molecule has 0 bridgehead atoms. The molecule has 7 rings (SSSR count). The summed E-state index contributed by atoms with van der Waals surface area (Å²) in [5.41, 5.74) is -1.43. The molecule has 64 heavy (non-hydrogen) atoms. The van der Waals surface area contributed by atoms with E-state index in [1.807, 2.05) is 52.8 Å². The maximum absolute atomic E-state index is 12.8. The third kappa shape index (κ3) is 9.12. The van der Waals surface area contributed by atoms with Crippen LogP contribution in [0.15, 0.2) is 78.0 Å². The molecule has 0 fully saturated rings. The van der Waals surface area contributed by atoms with Gasteiger partial charge in [-0.1, -0.05) is 32.9 Å². The molecule has 2 atom stereocenters. The third-order valence-corrected chi connectivity index (χ3v) is 14.5. The molecular weight excluding hydrogens is 891 g/mol. The van der Waals surface area contributed by atoms with Crippen LogP contribution >= 0.6 is 22.7 Å². The summed E-state index contributed by atoms with van der Waals surface area (Å²) in [6.45, 7) is 11.4. The van der Waals surface area contributed by atoms with Gasteiger partial charge in [0.15, 0.2) is 21.5 Å². The molecule has 5 heterocycles. The maximum Gasteiger partial charge on any atom is 0.273 e. The Labute approximate surface area is 374 Å². The number of carbonyl (C=O) groups is 1. The first-order valence-electron chi connectivity index (χ1n) is 19.8. The molecule has 0 spiro atoms. The molecule has 0 unspecified atom stereocenters. The Bertz CT molecular complexity index is 3060. The Morgan fingerprint density at radius 3 is 1.81 bits per heavy atom. The van der Waals surface area contributed by atoms with Crippen molar-refractivity contribution >= 4 is 78.5 Å². The Kier molecular flexibility index (Phi) is 13.7. The Balaban J connectivity index is 0.000000213. The first-order chi connectivity index (χ1) is 30.2. The van der Waals surface area contributed by atoms with Gasteiger partial charge < -0.3 is 44.8 Å². The molecule has 19 nitrogen and oxygen atoms in total. The van der Waals surface area contributed by atoms with E-state index in [0.29, 0.717) is 35.9 Å². The highest BCUT2D eigenvalue weighted by Crippen LogP contribution is 2.41. The van der Waals surface area contributed by atoms with Crippen molar-refractivity contribution in [2.45, 2.75) is 76.6 Å². The van der Waals surface area contributed by atoms with E-state index in [1.54, 1.807) is 19.3 Å². The minimum Gasteiger partial charge on any atom is -0.504 e. The van der Waals surface area contributed by atoms with Gasteiger partial charge in [-0.15, -0.1) is 22.7 Å².